The molecule has 0 unspecified atom stereocenters. The van der Waals surface area contributed by atoms with Crippen molar-refractivity contribution in [3.8, 4) is 5.82 Å². The molecule has 5 rings (SSSR count). The van der Waals surface area contributed by atoms with Crippen LogP contribution in [0, 0.1) is 0 Å². The number of carbonyl (C=O) groups excluding carboxylic acids is 1. The number of pyridine rings is 1. The molecule has 1 saturated carbocycles. The summed E-state index contributed by atoms with van der Waals surface area (Å²) in [6.45, 7) is 0.763. The molecule has 5 heteroatoms. The first-order valence-electron chi connectivity index (χ1n) is 8.15. The number of para-hydroxylation sites is 1. The van der Waals surface area contributed by atoms with Gasteiger partial charge in [-0.05, 0) is 42.7 Å². The molecular formula is C19H16N4O. The van der Waals surface area contributed by atoms with Crippen molar-refractivity contribution < 1.29 is 4.79 Å². The number of carbonyl (C=O) groups is 1. The monoisotopic (exact) mass is 316 g/mol. The van der Waals surface area contributed by atoms with Crippen molar-refractivity contribution in [1.82, 2.24) is 14.8 Å². The number of rotatable bonds is 2. The first kappa shape index (κ1) is 13.5. The van der Waals surface area contributed by atoms with Gasteiger partial charge in [0.05, 0.1) is 0 Å². The fraction of sp³-hybridized carbons (Fsp3) is 0.211. The van der Waals surface area contributed by atoms with Gasteiger partial charge in [0.25, 0.3) is 5.91 Å². The molecule has 0 saturated heterocycles. The predicted octanol–water partition coefficient (Wildman–Crippen LogP) is 2.96. The average molecular weight is 316 g/mol. The second-order valence-corrected chi connectivity index (χ2v) is 6.52. The fourth-order valence-corrected chi connectivity index (χ4v) is 3.60. The van der Waals surface area contributed by atoms with Crippen molar-refractivity contribution >= 4 is 11.6 Å². The Hall–Kier alpha value is -2.95. The van der Waals surface area contributed by atoms with Crippen LogP contribution in [0.4, 0.5) is 5.69 Å². The molecule has 1 fully saturated rings. The van der Waals surface area contributed by atoms with Crippen molar-refractivity contribution in [3.05, 3.63) is 72.2 Å². The molecule has 5 nitrogen and oxygen atoms in total. The van der Waals surface area contributed by atoms with E-state index in [1.807, 2.05) is 41.4 Å². The molecule has 1 spiro atoms. The summed E-state index contributed by atoms with van der Waals surface area (Å²) >= 11 is 0. The van der Waals surface area contributed by atoms with Crippen LogP contribution in [0.15, 0.2) is 60.9 Å². The lowest BCUT2D eigenvalue weighted by Crippen LogP contribution is -2.32. The van der Waals surface area contributed by atoms with E-state index >= 15 is 0 Å². The third kappa shape index (κ3) is 1.91. The molecule has 24 heavy (non-hydrogen) atoms. The first-order valence-corrected chi connectivity index (χ1v) is 8.15. The van der Waals surface area contributed by atoms with Crippen molar-refractivity contribution in [2.24, 2.45) is 0 Å². The van der Waals surface area contributed by atoms with Crippen molar-refractivity contribution in [1.29, 1.82) is 0 Å². The van der Waals surface area contributed by atoms with Gasteiger partial charge in [-0.3, -0.25) is 4.79 Å². The van der Waals surface area contributed by atoms with Crippen LogP contribution in [0.5, 0.6) is 0 Å². The van der Waals surface area contributed by atoms with E-state index in [-0.39, 0.29) is 11.3 Å². The minimum atomic E-state index is -0.0415. The normalized spacial score (nSPS) is 17.1. The Kier molecular flexibility index (Phi) is 2.68. The summed E-state index contributed by atoms with van der Waals surface area (Å²) in [6, 6.07) is 15.6. The molecule has 3 aromatic rings. The number of anilines is 1. The minimum Gasteiger partial charge on any atom is -0.306 e. The average Bonchev–Trinajstić information content (AvgIpc) is 3.07. The van der Waals surface area contributed by atoms with Crippen LogP contribution >= 0.6 is 0 Å². The third-order valence-corrected chi connectivity index (χ3v) is 5.02. The predicted molar refractivity (Wildman–Crippen MR) is 90.4 cm³/mol. The Labute approximate surface area is 139 Å². The van der Waals surface area contributed by atoms with Gasteiger partial charge < -0.3 is 4.90 Å². The molecule has 118 valence electrons. The van der Waals surface area contributed by atoms with Gasteiger partial charge in [-0.25, -0.2) is 9.67 Å². The molecule has 0 atom stereocenters. The second kappa shape index (κ2) is 4.77. The maximum absolute atomic E-state index is 13.1. The molecule has 1 aliphatic carbocycles. The van der Waals surface area contributed by atoms with Crippen molar-refractivity contribution in [2.45, 2.75) is 18.3 Å². The molecule has 2 aromatic heterocycles. The lowest BCUT2D eigenvalue weighted by Gasteiger charge is -2.17. The van der Waals surface area contributed by atoms with E-state index in [2.05, 4.69) is 22.2 Å². The van der Waals surface area contributed by atoms with Crippen molar-refractivity contribution in [2.75, 3.05) is 11.4 Å². The standard InChI is InChI=1S/C19H16N4O/c24-18(15-6-3-8-17(21-15)23-12-4-11-20-23)22-13-19(9-10-19)14-5-1-2-7-16(14)22/h1-8,11-12H,9-10,13H2. The summed E-state index contributed by atoms with van der Waals surface area (Å²) in [5.74, 6) is 0.611. The fourth-order valence-electron chi connectivity index (χ4n) is 3.60. The summed E-state index contributed by atoms with van der Waals surface area (Å²) in [5.41, 5.74) is 2.98. The largest absolute Gasteiger partial charge is 0.306 e. The number of nitrogens with zero attached hydrogens (tertiary/aromatic N) is 4. The Bertz CT molecular complexity index is 928. The van der Waals surface area contributed by atoms with Gasteiger partial charge in [0, 0.05) is 30.0 Å². The SMILES string of the molecule is O=C(c1cccc(-n2cccn2)n1)N1CC2(CC2)c2ccccc21. The molecule has 3 heterocycles. The van der Waals surface area contributed by atoms with Crippen LogP contribution in [-0.2, 0) is 5.41 Å². The summed E-state index contributed by atoms with van der Waals surface area (Å²) < 4.78 is 1.66. The number of benzene rings is 1. The number of fused-ring (bicyclic) bond motifs is 2. The molecule has 2 aliphatic rings. The molecular weight excluding hydrogens is 300 g/mol. The summed E-state index contributed by atoms with van der Waals surface area (Å²) in [4.78, 5) is 19.5. The van der Waals surface area contributed by atoms with Gasteiger partial charge in [0.1, 0.15) is 5.69 Å². The smallest absolute Gasteiger partial charge is 0.276 e. The van der Waals surface area contributed by atoms with E-state index in [1.165, 1.54) is 5.56 Å². The van der Waals surface area contributed by atoms with Crippen LogP contribution < -0.4 is 4.90 Å². The molecule has 0 N–H and O–H groups in total. The third-order valence-electron chi connectivity index (χ3n) is 5.02. The zero-order valence-corrected chi connectivity index (χ0v) is 13.1. The van der Waals surface area contributed by atoms with E-state index in [0.29, 0.717) is 11.5 Å². The lowest BCUT2D eigenvalue weighted by molar-refractivity contribution is 0.0982. The van der Waals surface area contributed by atoms with E-state index in [4.69, 9.17) is 0 Å². The van der Waals surface area contributed by atoms with Crippen molar-refractivity contribution in [3.63, 3.8) is 0 Å². The van der Waals surface area contributed by atoms with Crippen LogP contribution in [0.3, 0.4) is 0 Å². The topological polar surface area (TPSA) is 51.0 Å². The molecule has 0 radical (unpaired) electrons. The summed E-state index contributed by atoms with van der Waals surface area (Å²) in [6.07, 6.45) is 5.84. The molecule has 1 aliphatic heterocycles. The zero-order valence-electron chi connectivity index (χ0n) is 13.1. The number of hydrogen-bond donors (Lipinski definition) is 0. The molecule has 1 aromatic carbocycles. The van der Waals surface area contributed by atoms with Crippen LogP contribution in [0.25, 0.3) is 5.82 Å². The summed E-state index contributed by atoms with van der Waals surface area (Å²) in [5, 5.41) is 4.18. The van der Waals surface area contributed by atoms with Crippen LogP contribution in [0.2, 0.25) is 0 Å². The molecule has 1 amide bonds. The first-order chi connectivity index (χ1) is 11.8. The highest BCUT2D eigenvalue weighted by Gasteiger charge is 2.52. The zero-order chi connectivity index (χ0) is 16.1. The Morgan fingerprint density at radius 3 is 2.71 bits per heavy atom. The Balaban J connectivity index is 1.53. The Morgan fingerprint density at radius 1 is 1.04 bits per heavy atom. The van der Waals surface area contributed by atoms with Gasteiger partial charge in [-0.1, -0.05) is 24.3 Å². The van der Waals surface area contributed by atoms with Gasteiger partial charge in [-0.15, -0.1) is 0 Å². The quantitative estimate of drug-likeness (QED) is 0.730. The maximum Gasteiger partial charge on any atom is 0.276 e. The number of aromatic nitrogens is 3. The van der Waals surface area contributed by atoms with Gasteiger partial charge in [0.15, 0.2) is 5.82 Å². The maximum atomic E-state index is 13.1. The highest BCUT2D eigenvalue weighted by atomic mass is 16.2. The van der Waals surface area contributed by atoms with E-state index in [0.717, 1.165) is 25.1 Å². The minimum absolute atomic E-state index is 0.0415. The van der Waals surface area contributed by atoms with Gasteiger partial charge in [0.2, 0.25) is 0 Å². The van der Waals surface area contributed by atoms with Gasteiger partial charge in [-0.2, -0.15) is 5.10 Å². The summed E-state index contributed by atoms with van der Waals surface area (Å²) in [7, 11) is 0. The van der Waals surface area contributed by atoms with E-state index in [9.17, 15) is 4.79 Å². The number of amides is 1. The van der Waals surface area contributed by atoms with E-state index in [1.54, 1.807) is 16.9 Å². The lowest BCUT2D eigenvalue weighted by atomic mass is 9.99. The highest BCUT2D eigenvalue weighted by Crippen LogP contribution is 2.56. The molecule has 0 bridgehead atoms. The number of hydrogen-bond acceptors (Lipinski definition) is 3. The Morgan fingerprint density at radius 2 is 1.92 bits per heavy atom. The van der Waals surface area contributed by atoms with E-state index < -0.39 is 0 Å². The van der Waals surface area contributed by atoms with Gasteiger partial charge >= 0.3 is 0 Å². The second-order valence-electron chi connectivity index (χ2n) is 6.52. The van der Waals surface area contributed by atoms with Crippen LogP contribution in [-0.4, -0.2) is 27.2 Å². The highest BCUT2D eigenvalue weighted by molar-refractivity contribution is 6.06. The van der Waals surface area contributed by atoms with Crippen LogP contribution in [0.1, 0.15) is 28.9 Å².